The minimum Gasteiger partial charge on any atom is -0.352 e. The van der Waals surface area contributed by atoms with E-state index in [0.29, 0.717) is 50.5 Å². The highest BCUT2D eigenvalue weighted by Gasteiger charge is 2.32. The predicted octanol–water partition coefficient (Wildman–Crippen LogP) is 5.89. The first-order valence-electron chi connectivity index (χ1n) is 13.9. The fraction of sp³-hybridized carbons (Fsp3) is 0.375. The Bertz CT molecular complexity index is 1380. The minimum absolute atomic E-state index is 0.0589. The molecule has 212 valence electrons. The molecule has 0 fully saturated rings. The lowest BCUT2D eigenvalue weighted by Crippen LogP contribution is -2.34. The summed E-state index contributed by atoms with van der Waals surface area (Å²) in [5.41, 5.74) is 1.32. The number of carbonyl (C=O) groups excluding carboxylic acids is 2. The Kier molecular flexibility index (Phi) is 9.87. The molecule has 8 heteroatoms. The zero-order valence-corrected chi connectivity index (χ0v) is 24.5. The maximum atomic E-state index is 14.6. The summed E-state index contributed by atoms with van der Waals surface area (Å²) in [6.07, 6.45) is 0.813. The van der Waals surface area contributed by atoms with Gasteiger partial charge >= 0.3 is 0 Å². The molecule has 1 aliphatic rings. The lowest BCUT2D eigenvalue weighted by Gasteiger charge is -2.26. The van der Waals surface area contributed by atoms with Crippen LogP contribution < -0.4 is 10.2 Å². The standard InChI is InChI=1S/C32H38FN3O3S/c1-22(2)19-35(20-23(3)4)17-9-16-34-31(37)24-14-15-30-28(18-24)36(21-25-10-5-7-12-27(25)33)32(38)26-11-6-8-13-29(26)40(30)39/h5-8,10-15,18,22-23H,9,16-17,19-21H2,1-4H3,(H,34,37)/t40-/m1/s1. The van der Waals surface area contributed by atoms with Crippen LogP contribution in [0.4, 0.5) is 10.1 Å². The maximum absolute atomic E-state index is 14.6. The molecule has 40 heavy (non-hydrogen) atoms. The van der Waals surface area contributed by atoms with E-state index in [4.69, 9.17) is 0 Å². The molecule has 0 radical (unpaired) electrons. The van der Waals surface area contributed by atoms with Gasteiger partial charge in [0.05, 0.1) is 38.4 Å². The van der Waals surface area contributed by atoms with Gasteiger partial charge in [0.15, 0.2) is 0 Å². The molecule has 3 aromatic carbocycles. The molecule has 1 aliphatic heterocycles. The molecule has 0 aliphatic carbocycles. The van der Waals surface area contributed by atoms with Gasteiger partial charge in [-0.25, -0.2) is 8.60 Å². The van der Waals surface area contributed by atoms with E-state index in [1.807, 2.05) is 0 Å². The lowest BCUT2D eigenvalue weighted by molar-refractivity contribution is 0.0947. The minimum atomic E-state index is -1.65. The van der Waals surface area contributed by atoms with Gasteiger partial charge in [-0.2, -0.15) is 0 Å². The van der Waals surface area contributed by atoms with E-state index in [9.17, 15) is 18.2 Å². The van der Waals surface area contributed by atoms with Crippen LogP contribution >= 0.6 is 0 Å². The molecule has 1 N–H and O–H groups in total. The second-order valence-electron chi connectivity index (χ2n) is 11.1. The predicted molar refractivity (Wildman–Crippen MR) is 158 cm³/mol. The van der Waals surface area contributed by atoms with Crippen molar-refractivity contribution in [3.63, 3.8) is 0 Å². The van der Waals surface area contributed by atoms with Crippen molar-refractivity contribution in [2.45, 2.75) is 50.5 Å². The highest BCUT2D eigenvalue weighted by atomic mass is 32.2. The van der Waals surface area contributed by atoms with E-state index < -0.39 is 16.6 Å². The topological polar surface area (TPSA) is 69.7 Å². The number of anilines is 1. The number of carbonyl (C=O) groups is 2. The van der Waals surface area contributed by atoms with Crippen molar-refractivity contribution in [3.8, 4) is 0 Å². The molecule has 1 atom stereocenters. The van der Waals surface area contributed by atoms with Crippen molar-refractivity contribution in [3.05, 3.63) is 89.2 Å². The normalized spacial score (nSPS) is 14.8. The van der Waals surface area contributed by atoms with Crippen molar-refractivity contribution < 1.29 is 18.2 Å². The van der Waals surface area contributed by atoms with Gasteiger partial charge in [0.2, 0.25) is 0 Å². The summed E-state index contributed by atoms with van der Waals surface area (Å²) in [4.78, 5) is 31.5. The number of nitrogens with one attached hydrogen (secondary N) is 1. The smallest absolute Gasteiger partial charge is 0.259 e. The highest BCUT2D eigenvalue weighted by Crippen LogP contribution is 2.36. The van der Waals surface area contributed by atoms with E-state index >= 15 is 0 Å². The SMILES string of the molecule is CC(C)CN(CCCNC(=O)c1ccc2c(c1)N(Cc1ccccc1F)C(=O)c1ccccc1[S@]2=O)CC(C)C. The molecule has 4 rings (SSSR count). The third-order valence-electron chi connectivity index (χ3n) is 6.74. The molecule has 0 aromatic heterocycles. The number of hydrogen-bond acceptors (Lipinski definition) is 4. The van der Waals surface area contributed by atoms with Crippen LogP contribution in [0.3, 0.4) is 0 Å². The van der Waals surface area contributed by atoms with Gasteiger partial charge in [0.25, 0.3) is 11.8 Å². The zero-order chi connectivity index (χ0) is 28.8. The second-order valence-corrected chi connectivity index (χ2v) is 12.5. The number of nitrogens with zero attached hydrogens (tertiary/aromatic N) is 2. The number of halogens is 1. The molecular weight excluding hydrogens is 525 g/mol. The van der Waals surface area contributed by atoms with Crippen LogP contribution in [0.25, 0.3) is 0 Å². The Hall–Kier alpha value is -3.36. The largest absolute Gasteiger partial charge is 0.352 e. The Morgan fingerprint density at radius 3 is 2.33 bits per heavy atom. The molecular formula is C32H38FN3O3S. The van der Waals surface area contributed by atoms with E-state index in [0.717, 1.165) is 26.1 Å². The molecule has 0 unspecified atom stereocenters. The van der Waals surface area contributed by atoms with Crippen molar-refractivity contribution in [2.75, 3.05) is 31.1 Å². The van der Waals surface area contributed by atoms with Crippen LogP contribution in [0.2, 0.25) is 0 Å². The Morgan fingerprint density at radius 1 is 0.950 bits per heavy atom. The van der Waals surface area contributed by atoms with E-state index in [2.05, 4.69) is 37.9 Å². The van der Waals surface area contributed by atoms with Crippen molar-refractivity contribution in [1.82, 2.24) is 10.2 Å². The summed E-state index contributed by atoms with van der Waals surface area (Å²) < 4.78 is 28.2. The molecule has 2 amide bonds. The maximum Gasteiger partial charge on any atom is 0.259 e. The first-order chi connectivity index (χ1) is 19.2. The van der Waals surface area contributed by atoms with Crippen molar-refractivity contribution in [2.24, 2.45) is 11.8 Å². The van der Waals surface area contributed by atoms with Gasteiger partial charge in [-0.05, 0) is 61.2 Å². The van der Waals surface area contributed by atoms with Crippen LogP contribution in [0.15, 0.2) is 76.5 Å². The van der Waals surface area contributed by atoms with Crippen molar-refractivity contribution in [1.29, 1.82) is 0 Å². The molecule has 0 spiro atoms. The molecule has 0 saturated carbocycles. The van der Waals surface area contributed by atoms with Gasteiger partial charge in [-0.1, -0.05) is 58.0 Å². The van der Waals surface area contributed by atoms with Crippen LogP contribution in [-0.2, 0) is 17.3 Å². The summed E-state index contributed by atoms with van der Waals surface area (Å²) in [5, 5.41) is 2.99. The van der Waals surface area contributed by atoms with Gasteiger partial charge in [-0.15, -0.1) is 0 Å². The average Bonchev–Trinajstić information content (AvgIpc) is 3.00. The fourth-order valence-corrected chi connectivity index (χ4v) is 6.40. The summed E-state index contributed by atoms with van der Waals surface area (Å²) in [6, 6.07) is 17.9. The number of amides is 2. The zero-order valence-electron chi connectivity index (χ0n) is 23.7. The second kappa shape index (κ2) is 13.3. The van der Waals surface area contributed by atoms with Crippen LogP contribution in [0.5, 0.6) is 0 Å². The summed E-state index contributed by atoms with van der Waals surface area (Å²) >= 11 is 0. The molecule has 6 nitrogen and oxygen atoms in total. The number of rotatable bonds is 11. The van der Waals surface area contributed by atoms with Crippen LogP contribution in [0, 0.1) is 17.7 Å². The lowest BCUT2D eigenvalue weighted by atomic mass is 10.1. The van der Waals surface area contributed by atoms with E-state index in [-0.39, 0.29) is 18.4 Å². The average molecular weight is 564 g/mol. The molecule has 1 heterocycles. The monoisotopic (exact) mass is 563 g/mol. The Morgan fingerprint density at radius 2 is 1.62 bits per heavy atom. The first kappa shape index (κ1) is 29.6. The third-order valence-corrected chi connectivity index (χ3v) is 8.24. The number of benzene rings is 3. The van der Waals surface area contributed by atoms with E-state index in [1.165, 1.54) is 11.0 Å². The summed E-state index contributed by atoms with van der Waals surface area (Å²) in [6.45, 7) is 12.2. The van der Waals surface area contributed by atoms with Gasteiger partial charge in [-0.3, -0.25) is 9.59 Å². The van der Waals surface area contributed by atoms with Gasteiger partial charge in [0, 0.05) is 30.8 Å². The molecule has 3 aromatic rings. The highest BCUT2D eigenvalue weighted by molar-refractivity contribution is 7.85. The molecule has 0 bridgehead atoms. The van der Waals surface area contributed by atoms with Crippen molar-refractivity contribution >= 4 is 28.3 Å². The Labute approximate surface area is 239 Å². The summed E-state index contributed by atoms with van der Waals surface area (Å²) in [5.74, 6) is 0.0411. The summed E-state index contributed by atoms with van der Waals surface area (Å²) in [7, 11) is -1.65. The third kappa shape index (κ3) is 7.04. The van der Waals surface area contributed by atoms with Gasteiger partial charge < -0.3 is 15.1 Å². The van der Waals surface area contributed by atoms with E-state index in [1.54, 1.807) is 60.7 Å². The van der Waals surface area contributed by atoms with Crippen LogP contribution in [0.1, 0.15) is 60.4 Å². The van der Waals surface area contributed by atoms with Gasteiger partial charge in [0.1, 0.15) is 5.82 Å². The fourth-order valence-electron chi connectivity index (χ4n) is 5.06. The Balaban J connectivity index is 1.57. The molecule has 0 saturated heterocycles. The number of fused-ring (bicyclic) bond motifs is 2. The van der Waals surface area contributed by atoms with Crippen LogP contribution in [-0.4, -0.2) is 47.1 Å². The number of hydrogen-bond donors (Lipinski definition) is 1. The quantitative estimate of drug-likeness (QED) is 0.296. The first-order valence-corrected chi connectivity index (χ1v) is 15.0.